The van der Waals surface area contributed by atoms with Crippen molar-refractivity contribution in [3.8, 4) is 0 Å². The Morgan fingerprint density at radius 1 is 1.35 bits per heavy atom. The van der Waals surface area contributed by atoms with E-state index in [1.165, 1.54) is 0 Å². The number of aromatic nitrogens is 3. The Balaban J connectivity index is 1.87. The Morgan fingerprint density at radius 2 is 2.18 bits per heavy atom. The molecule has 0 aliphatic carbocycles. The predicted molar refractivity (Wildman–Crippen MR) is 66.7 cm³/mol. The molecular formula is C12H17N5. The molecule has 1 aliphatic rings. The fourth-order valence-corrected chi connectivity index (χ4v) is 2.31. The number of hydrogen-bond acceptors (Lipinski definition) is 4. The molecule has 0 atom stereocenters. The van der Waals surface area contributed by atoms with Gasteiger partial charge in [0.05, 0.1) is 18.3 Å². The van der Waals surface area contributed by atoms with Crippen molar-refractivity contribution in [2.45, 2.75) is 6.54 Å². The van der Waals surface area contributed by atoms with Crippen LogP contribution >= 0.6 is 0 Å². The highest BCUT2D eigenvalue weighted by Gasteiger charge is 2.14. The van der Waals surface area contributed by atoms with Crippen molar-refractivity contribution in [3.05, 3.63) is 24.3 Å². The Hall–Kier alpha value is -1.46. The first-order valence-electron chi connectivity index (χ1n) is 6.03. The molecule has 0 amide bonds. The second kappa shape index (κ2) is 4.43. The highest BCUT2D eigenvalue weighted by Crippen LogP contribution is 2.14. The van der Waals surface area contributed by atoms with Gasteiger partial charge in [0.2, 0.25) is 0 Å². The predicted octanol–water partition coefficient (Wildman–Crippen LogP) is 0.374. The van der Waals surface area contributed by atoms with E-state index in [0.29, 0.717) is 0 Å². The average molecular weight is 231 g/mol. The molecule has 0 spiro atoms. The molecule has 0 aromatic carbocycles. The zero-order valence-corrected chi connectivity index (χ0v) is 10.1. The van der Waals surface area contributed by atoms with Crippen molar-refractivity contribution in [2.75, 3.05) is 26.2 Å². The zero-order valence-electron chi connectivity index (χ0n) is 10.1. The Labute approximate surface area is 100 Å². The molecule has 3 rings (SSSR count). The third-order valence-electron chi connectivity index (χ3n) is 3.35. The summed E-state index contributed by atoms with van der Waals surface area (Å²) in [6.07, 6.45) is 3.65. The van der Waals surface area contributed by atoms with Crippen LogP contribution in [0.3, 0.4) is 0 Å². The number of rotatable bonds is 2. The molecule has 3 heterocycles. The summed E-state index contributed by atoms with van der Waals surface area (Å²) in [4.78, 5) is 11.2. The minimum absolute atomic E-state index is 0.923. The number of imidazole rings is 1. The van der Waals surface area contributed by atoms with Crippen LogP contribution in [0.4, 0.5) is 0 Å². The zero-order chi connectivity index (χ0) is 11.7. The van der Waals surface area contributed by atoms with Gasteiger partial charge in [-0.25, -0.2) is 4.98 Å². The summed E-state index contributed by atoms with van der Waals surface area (Å²) in [6.45, 7) is 5.27. The summed E-state index contributed by atoms with van der Waals surface area (Å²) >= 11 is 0. The number of aryl methyl sites for hydroxylation is 1. The summed E-state index contributed by atoms with van der Waals surface area (Å²) in [5.41, 5.74) is 2.14. The minimum atomic E-state index is 0.923. The molecule has 1 fully saturated rings. The van der Waals surface area contributed by atoms with Gasteiger partial charge in [-0.1, -0.05) is 0 Å². The lowest BCUT2D eigenvalue weighted by molar-refractivity contribution is 0.226. The van der Waals surface area contributed by atoms with Crippen molar-refractivity contribution in [1.82, 2.24) is 24.8 Å². The molecule has 90 valence electrons. The van der Waals surface area contributed by atoms with Crippen molar-refractivity contribution in [1.29, 1.82) is 0 Å². The molecule has 1 saturated heterocycles. The van der Waals surface area contributed by atoms with E-state index < -0.39 is 0 Å². The van der Waals surface area contributed by atoms with Crippen LogP contribution < -0.4 is 5.32 Å². The standard InChI is InChI=1S/C12H17N5/c1-16-11-2-3-14-8-10(11)15-12(16)9-17-6-4-13-5-7-17/h2-3,8,13H,4-7,9H2,1H3. The van der Waals surface area contributed by atoms with Crippen molar-refractivity contribution in [2.24, 2.45) is 7.05 Å². The fraction of sp³-hybridized carbons (Fsp3) is 0.500. The van der Waals surface area contributed by atoms with Gasteiger partial charge in [0, 0.05) is 39.4 Å². The van der Waals surface area contributed by atoms with Gasteiger partial charge in [0.25, 0.3) is 0 Å². The lowest BCUT2D eigenvalue weighted by Gasteiger charge is -2.26. The summed E-state index contributed by atoms with van der Waals surface area (Å²) in [7, 11) is 2.08. The second-order valence-electron chi connectivity index (χ2n) is 4.48. The number of fused-ring (bicyclic) bond motifs is 1. The number of nitrogens with zero attached hydrogens (tertiary/aromatic N) is 4. The van der Waals surface area contributed by atoms with E-state index in [9.17, 15) is 0 Å². The second-order valence-corrected chi connectivity index (χ2v) is 4.48. The van der Waals surface area contributed by atoms with Crippen molar-refractivity contribution >= 4 is 11.0 Å². The molecule has 0 bridgehead atoms. The average Bonchev–Trinajstić information content (AvgIpc) is 2.68. The highest BCUT2D eigenvalue weighted by atomic mass is 15.2. The molecule has 0 saturated carbocycles. The Kier molecular flexibility index (Phi) is 2.78. The smallest absolute Gasteiger partial charge is 0.123 e. The molecule has 2 aromatic heterocycles. The van der Waals surface area contributed by atoms with Crippen LogP contribution in [0.5, 0.6) is 0 Å². The third kappa shape index (κ3) is 2.03. The molecule has 5 heteroatoms. The van der Waals surface area contributed by atoms with Crippen LogP contribution in [-0.2, 0) is 13.6 Å². The van der Waals surface area contributed by atoms with Crippen LogP contribution in [0.25, 0.3) is 11.0 Å². The number of piperazine rings is 1. The maximum atomic E-state index is 4.64. The topological polar surface area (TPSA) is 46.0 Å². The maximum absolute atomic E-state index is 4.64. The number of hydrogen-bond donors (Lipinski definition) is 1. The molecule has 2 aromatic rings. The van der Waals surface area contributed by atoms with E-state index in [4.69, 9.17) is 0 Å². The molecule has 17 heavy (non-hydrogen) atoms. The summed E-state index contributed by atoms with van der Waals surface area (Å²) in [5, 5.41) is 3.36. The summed E-state index contributed by atoms with van der Waals surface area (Å²) in [5.74, 6) is 1.12. The van der Waals surface area contributed by atoms with Gasteiger partial charge >= 0.3 is 0 Å². The van der Waals surface area contributed by atoms with Crippen LogP contribution in [-0.4, -0.2) is 45.6 Å². The Bertz CT molecular complexity index is 513. The SMILES string of the molecule is Cn1c(CN2CCNCC2)nc2cnccc21. The first-order valence-corrected chi connectivity index (χ1v) is 6.03. The van der Waals surface area contributed by atoms with Gasteiger partial charge in [-0.3, -0.25) is 9.88 Å². The first-order chi connectivity index (χ1) is 8.34. The lowest BCUT2D eigenvalue weighted by Crippen LogP contribution is -2.43. The van der Waals surface area contributed by atoms with Crippen LogP contribution in [0.2, 0.25) is 0 Å². The van der Waals surface area contributed by atoms with Gasteiger partial charge in [-0.05, 0) is 6.07 Å². The van der Waals surface area contributed by atoms with Crippen molar-refractivity contribution in [3.63, 3.8) is 0 Å². The van der Waals surface area contributed by atoms with Crippen molar-refractivity contribution < 1.29 is 0 Å². The van der Waals surface area contributed by atoms with Crippen LogP contribution in [0, 0.1) is 0 Å². The van der Waals surface area contributed by atoms with E-state index >= 15 is 0 Å². The third-order valence-corrected chi connectivity index (χ3v) is 3.35. The van der Waals surface area contributed by atoms with E-state index in [-0.39, 0.29) is 0 Å². The monoisotopic (exact) mass is 231 g/mol. The molecule has 5 nitrogen and oxygen atoms in total. The van der Waals surface area contributed by atoms with Gasteiger partial charge in [-0.15, -0.1) is 0 Å². The maximum Gasteiger partial charge on any atom is 0.123 e. The largest absolute Gasteiger partial charge is 0.330 e. The lowest BCUT2D eigenvalue weighted by atomic mass is 10.3. The normalized spacial score (nSPS) is 17.7. The van der Waals surface area contributed by atoms with Gasteiger partial charge in [0.15, 0.2) is 0 Å². The number of nitrogens with one attached hydrogen (secondary N) is 1. The van der Waals surface area contributed by atoms with Gasteiger partial charge in [-0.2, -0.15) is 0 Å². The van der Waals surface area contributed by atoms with E-state index in [2.05, 4.69) is 31.8 Å². The van der Waals surface area contributed by atoms with Crippen LogP contribution in [0.1, 0.15) is 5.82 Å². The first kappa shape index (κ1) is 10.7. The van der Waals surface area contributed by atoms with E-state index in [1.54, 1.807) is 0 Å². The molecule has 1 aliphatic heterocycles. The molecular weight excluding hydrogens is 214 g/mol. The number of pyridine rings is 1. The van der Waals surface area contributed by atoms with Gasteiger partial charge < -0.3 is 9.88 Å². The van der Waals surface area contributed by atoms with E-state index in [0.717, 1.165) is 49.6 Å². The quantitative estimate of drug-likeness (QED) is 0.811. The highest BCUT2D eigenvalue weighted by molar-refractivity contribution is 5.74. The Morgan fingerprint density at radius 3 is 2.94 bits per heavy atom. The fourth-order valence-electron chi connectivity index (χ4n) is 2.31. The van der Waals surface area contributed by atoms with E-state index in [1.807, 2.05) is 18.5 Å². The minimum Gasteiger partial charge on any atom is -0.330 e. The van der Waals surface area contributed by atoms with Crippen LogP contribution in [0.15, 0.2) is 18.5 Å². The molecule has 1 N–H and O–H groups in total. The molecule has 0 radical (unpaired) electrons. The molecule has 0 unspecified atom stereocenters. The van der Waals surface area contributed by atoms with Gasteiger partial charge in [0.1, 0.15) is 11.3 Å². The summed E-state index contributed by atoms with van der Waals surface area (Å²) in [6, 6.07) is 2.02. The summed E-state index contributed by atoms with van der Waals surface area (Å²) < 4.78 is 2.17.